The monoisotopic (exact) mass is 324 g/mol. The highest BCUT2D eigenvalue weighted by Gasteiger charge is 2.43. The summed E-state index contributed by atoms with van der Waals surface area (Å²) in [5.74, 6) is 5.70. The van der Waals surface area contributed by atoms with E-state index in [0.717, 1.165) is 0 Å². The van der Waals surface area contributed by atoms with Crippen LogP contribution in [0.3, 0.4) is 0 Å². The minimum atomic E-state index is -0.327. The Bertz CT molecular complexity index is 836. The number of hydrogen-bond acceptors (Lipinski definition) is 4. The van der Waals surface area contributed by atoms with Gasteiger partial charge >= 0.3 is 0 Å². The predicted molar refractivity (Wildman–Crippen MR) is 88.4 cm³/mol. The Balaban J connectivity index is 1.81. The van der Waals surface area contributed by atoms with Gasteiger partial charge in [-0.1, -0.05) is 17.9 Å². The fourth-order valence-corrected chi connectivity index (χ4v) is 2.45. The quantitative estimate of drug-likeness (QED) is 0.756. The summed E-state index contributed by atoms with van der Waals surface area (Å²) >= 11 is 0. The van der Waals surface area contributed by atoms with Gasteiger partial charge in [-0.15, -0.1) is 0 Å². The Morgan fingerprint density at radius 1 is 1.17 bits per heavy atom. The average Bonchev–Trinajstić information content (AvgIpc) is 2.74. The fourth-order valence-electron chi connectivity index (χ4n) is 2.45. The molecule has 1 aliphatic heterocycles. The molecule has 5 nitrogen and oxygen atoms in total. The molecule has 1 aliphatic rings. The number of carbonyl (C=O) groups excluding carboxylic acids is 1. The second-order valence-electron chi connectivity index (χ2n) is 6.25. The van der Waals surface area contributed by atoms with Crippen LogP contribution in [0.4, 0.5) is 10.3 Å². The van der Waals surface area contributed by atoms with E-state index in [-0.39, 0.29) is 17.3 Å². The average molecular weight is 324 g/mol. The van der Waals surface area contributed by atoms with Crippen molar-refractivity contribution in [2.75, 3.05) is 12.1 Å². The number of nitrogens with zero attached hydrogens (tertiary/aromatic N) is 4. The van der Waals surface area contributed by atoms with E-state index < -0.39 is 0 Å². The van der Waals surface area contributed by atoms with Crippen LogP contribution in [-0.4, -0.2) is 33.5 Å². The van der Waals surface area contributed by atoms with E-state index in [0.29, 0.717) is 23.5 Å². The van der Waals surface area contributed by atoms with Crippen molar-refractivity contribution in [3.05, 3.63) is 53.6 Å². The van der Waals surface area contributed by atoms with Gasteiger partial charge in [-0.2, -0.15) is 0 Å². The van der Waals surface area contributed by atoms with Crippen LogP contribution in [0.15, 0.2) is 36.7 Å². The molecule has 0 aliphatic carbocycles. The molecule has 1 fully saturated rings. The van der Waals surface area contributed by atoms with E-state index in [2.05, 4.69) is 21.8 Å². The highest BCUT2D eigenvalue weighted by Crippen LogP contribution is 2.30. The first-order chi connectivity index (χ1) is 11.4. The molecule has 1 aromatic heterocycles. The summed E-state index contributed by atoms with van der Waals surface area (Å²) in [6.45, 7) is 3.98. The Hall–Kier alpha value is -2.78. The van der Waals surface area contributed by atoms with Gasteiger partial charge in [0.2, 0.25) is 11.9 Å². The fraction of sp³-hybridized carbons (Fsp3) is 0.278. The third kappa shape index (κ3) is 3.12. The molecule has 0 bridgehead atoms. The molecule has 2 aromatic rings. The first-order valence-electron chi connectivity index (χ1n) is 7.53. The maximum absolute atomic E-state index is 13.1. The lowest BCUT2D eigenvalue weighted by Crippen LogP contribution is -2.45. The molecule has 1 aromatic carbocycles. The zero-order chi connectivity index (χ0) is 17.3. The molecule has 1 amide bonds. The molecule has 1 saturated heterocycles. The molecule has 0 N–H and O–H groups in total. The van der Waals surface area contributed by atoms with E-state index in [1.54, 1.807) is 24.5 Å². The van der Waals surface area contributed by atoms with Crippen molar-refractivity contribution >= 4 is 11.9 Å². The lowest BCUT2D eigenvalue weighted by Gasteiger charge is -2.31. The third-order valence-electron chi connectivity index (χ3n) is 4.00. The molecule has 6 heteroatoms. The Labute approximate surface area is 140 Å². The minimum absolute atomic E-state index is 0.0407. The van der Waals surface area contributed by atoms with Gasteiger partial charge in [0, 0.05) is 37.0 Å². The van der Waals surface area contributed by atoms with Gasteiger partial charge in [-0.3, -0.25) is 4.79 Å². The van der Waals surface area contributed by atoms with Gasteiger partial charge in [0.1, 0.15) is 5.82 Å². The van der Waals surface area contributed by atoms with E-state index in [1.165, 1.54) is 17.1 Å². The number of rotatable bonds is 1. The normalized spacial score (nSPS) is 16.8. The number of aromatic nitrogens is 2. The Kier molecular flexibility index (Phi) is 4.04. The predicted octanol–water partition coefficient (Wildman–Crippen LogP) is 2.38. The van der Waals surface area contributed by atoms with Crippen molar-refractivity contribution in [3.63, 3.8) is 0 Å². The summed E-state index contributed by atoms with van der Waals surface area (Å²) in [5, 5.41) is 3.31. The molecular formula is C18H17FN4O. The van der Waals surface area contributed by atoms with E-state index in [9.17, 15) is 9.18 Å². The van der Waals surface area contributed by atoms with E-state index >= 15 is 0 Å². The third-order valence-corrected chi connectivity index (χ3v) is 4.00. The maximum Gasteiger partial charge on any atom is 0.247 e. The van der Waals surface area contributed by atoms with Crippen LogP contribution in [0.25, 0.3) is 0 Å². The van der Waals surface area contributed by atoms with Crippen LogP contribution < -0.4 is 5.01 Å². The van der Waals surface area contributed by atoms with Crippen molar-refractivity contribution in [1.29, 1.82) is 0 Å². The van der Waals surface area contributed by atoms with Crippen LogP contribution in [0, 0.1) is 17.7 Å². The molecule has 24 heavy (non-hydrogen) atoms. The summed E-state index contributed by atoms with van der Waals surface area (Å²) in [6, 6.07) is 6.07. The van der Waals surface area contributed by atoms with Crippen LogP contribution in [0.2, 0.25) is 0 Å². The van der Waals surface area contributed by atoms with Gasteiger partial charge in [-0.25, -0.2) is 24.4 Å². The highest BCUT2D eigenvalue weighted by atomic mass is 19.1. The largest absolute Gasteiger partial charge is 0.273 e. The van der Waals surface area contributed by atoms with Crippen LogP contribution in [-0.2, 0) is 4.79 Å². The number of benzene rings is 1. The number of halogens is 1. The van der Waals surface area contributed by atoms with Crippen LogP contribution in [0.1, 0.15) is 31.4 Å². The number of anilines is 1. The summed E-state index contributed by atoms with van der Waals surface area (Å²) in [6.07, 6.45) is 3.52. The zero-order valence-corrected chi connectivity index (χ0v) is 13.7. The van der Waals surface area contributed by atoms with Crippen molar-refractivity contribution in [2.24, 2.45) is 0 Å². The molecule has 3 rings (SSSR count). The zero-order valence-electron chi connectivity index (χ0n) is 13.7. The van der Waals surface area contributed by atoms with E-state index in [1.807, 2.05) is 25.9 Å². The van der Waals surface area contributed by atoms with Crippen LogP contribution in [0.5, 0.6) is 0 Å². The van der Waals surface area contributed by atoms with Crippen molar-refractivity contribution < 1.29 is 9.18 Å². The molecule has 122 valence electrons. The number of amides is 1. The highest BCUT2D eigenvalue weighted by molar-refractivity contribution is 5.93. The smallest absolute Gasteiger partial charge is 0.247 e. The van der Waals surface area contributed by atoms with E-state index in [4.69, 9.17) is 0 Å². The van der Waals surface area contributed by atoms with Crippen LogP contribution >= 0.6 is 0 Å². The van der Waals surface area contributed by atoms with Crippen molar-refractivity contribution in [3.8, 4) is 11.8 Å². The summed E-state index contributed by atoms with van der Waals surface area (Å²) in [5.41, 5.74) is 0.905. The van der Waals surface area contributed by atoms with Gasteiger partial charge < -0.3 is 0 Å². The van der Waals surface area contributed by atoms with Gasteiger partial charge in [0.25, 0.3) is 0 Å². The minimum Gasteiger partial charge on any atom is -0.273 e. The standard InChI is InChI=1S/C18H17FN4O/c1-18(2)10-16(24)23(22(18)3)17-20-11-14(12-21-17)8-7-13-5-4-6-15(19)9-13/h4-6,9,11-12H,10H2,1-3H3. The van der Waals surface area contributed by atoms with Gasteiger partial charge in [-0.05, 0) is 32.0 Å². The summed E-state index contributed by atoms with van der Waals surface area (Å²) < 4.78 is 13.1. The lowest BCUT2D eigenvalue weighted by atomic mass is 10.0. The second-order valence-corrected chi connectivity index (χ2v) is 6.25. The second kappa shape index (κ2) is 6.02. The molecule has 0 atom stereocenters. The summed E-state index contributed by atoms with van der Waals surface area (Å²) in [7, 11) is 1.84. The molecular weight excluding hydrogens is 307 g/mol. The maximum atomic E-state index is 13.1. The first-order valence-corrected chi connectivity index (χ1v) is 7.53. The number of hydrogen-bond donors (Lipinski definition) is 0. The van der Waals surface area contributed by atoms with Gasteiger partial charge in [0.05, 0.1) is 5.56 Å². The molecule has 0 unspecified atom stereocenters. The molecule has 0 saturated carbocycles. The molecule has 0 radical (unpaired) electrons. The molecule has 0 spiro atoms. The van der Waals surface area contributed by atoms with Crippen molar-refractivity contribution in [2.45, 2.75) is 25.8 Å². The molecule has 2 heterocycles. The lowest BCUT2D eigenvalue weighted by molar-refractivity contribution is -0.118. The van der Waals surface area contributed by atoms with Gasteiger partial charge in [0.15, 0.2) is 0 Å². The Morgan fingerprint density at radius 3 is 2.42 bits per heavy atom. The van der Waals surface area contributed by atoms with Crippen molar-refractivity contribution in [1.82, 2.24) is 15.0 Å². The summed E-state index contributed by atoms with van der Waals surface area (Å²) in [4.78, 5) is 20.6. The number of carbonyl (C=O) groups is 1. The Morgan fingerprint density at radius 2 is 1.83 bits per heavy atom. The first kappa shape index (κ1) is 16.1. The SMILES string of the molecule is CN1N(c2ncc(C#Cc3cccc(F)c3)cn2)C(=O)CC1(C)C. The topological polar surface area (TPSA) is 49.3 Å². The number of hydrazine groups is 1.